The summed E-state index contributed by atoms with van der Waals surface area (Å²) < 4.78 is 0. The van der Waals surface area contributed by atoms with Crippen LogP contribution in [0.3, 0.4) is 0 Å². The molecule has 0 aromatic heterocycles. The number of nitrogens with one attached hydrogen (secondary N) is 1. The van der Waals surface area contributed by atoms with Gasteiger partial charge in [-0.2, -0.15) is 5.10 Å². The fourth-order valence-electron chi connectivity index (χ4n) is 2.32. The van der Waals surface area contributed by atoms with Gasteiger partial charge >= 0.3 is 0 Å². The SMILES string of the molecule is C=C(C)/C(NN)=C(/N)c1ccc(-c2ccc(N=CC=NN)cc2)cc1. The van der Waals surface area contributed by atoms with Crippen molar-refractivity contribution < 1.29 is 0 Å². The number of hydrazone groups is 1. The summed E-state index contributed by atoms with van der Waals surface area (Å²) in [6, 6.07) is 15.8. The first kappa shape index (κ1) is 18.0. The first-order chi connectivity index (χ1) is 12.1. The first-order valence-electron chi connectivity index (χ1n) is 7.66. The van der Waals surface area contributed by atoms with Gasteiger partial charge in [0.15, 0.2) is 0 Å². The molecule has 0 unspecified atom stereocenters. The molecule has 6 nitrogen and oxygen atoms in total. The second-order valence-corrected chi connectivity index (χ2v) is 5.41. The van der Waals surface area contributed by atoms with Crippen LogP contribution in [-0.4, -0.2) is 12.4 Å². The number of nitrogens with two attached hydrogens (primary N) is 3. The molecule has 128 valence electrons. The molecule has 0 heterocycles. The van der Waals surface area contributed by atoms with E-state index in [0.717, 1.165) is 28.0 Å². The number of hydrogen-bond acceptors (Lipinski definition) is 6. The van der Waals surface area contributed by atoms with Crippen LogP contribution in [-0.2, 0) is 0 Å². The molecule has 0 aliphatic heterocycles. The van der Waals surface area contributed by atoms with Gasteiger partial charge in [0.2, 0.25) is 0 Å². The zero-order valence-corrected chi connectivity index (χ0v) is 14.1. The lowest BCUT2D eigenvalue weighted by Gasteiger charge is -2.12. The van der Waals surface area contributed by atoms with Crippen LogP contribution in [0.15, 0.2) is 76.5 Å². The lowest BCUT2D eigenvalue weighted by atomic mass is 10.0. The summed E-state index contributed by atoms with van der Waals surface area (Å²) in [5.41, 5.74) is 14.6. The molecule has 2 aromatic rings. The smallest absolute Gasteiger partial charge is 0.0745 e. The Balaban J connectivity index is 2.24. The third-order valence-corrected chi connectivity index (χ3v) is 3.61. The predicted octanol–water partition coefficient (Wildman–Crippen LogP) is 2.67. The molecule has 0 amide bonds. The molecule has 2 rings (SSSR count). The number of nitrogens with zero attached hydrogens (tertiary/aromatic N) is 2. The number of aliphatic imine (C=N–C) groups is 1. The van der Waals surface area contributed by atoms with E-state index in [1.54, 1.807) is 6.21 Å². The van der Waals surface area contributed by atoms with E-state index in [4.69, 9.17) is 17.4 Å². The monoisotopic (exact) mass is 334 g/mol. The molecule has 0 spiro atoms. The van der Waals surface area contributed by atoms with E-state index < -0.39 is 0 Å². The standard InChI is InChI=1S/C19H22N6/c1-13(2)19(25-22)18(20)16-5-3-14(4-6-16)15-7-9-17(10-8-15)23-11-12-24-21/h3-12,25H,1,20-22H2,2H3/b19-18-,23-11?,24-12?. The van der Waals surface area contributed by atoms with Gasteiger partial charge in [0.25, 0.3) is 0 Å². The Bertz CT molecular complexity index is 814. The Kier molecular flexibility index (Phi) is 6.08. The van der Waals surface area contributed by atoms with Crippen molar-refractivity contribution >= 4 is 23.8 Å². The molecule has 25 heavy (non-hydrogen) atoms. The van der Waals surface area contributed by atoms with Crippen LogP contribution in [0.4, 0.5) is 5.69 Å². The van der Waals surface area contributed by atoms with Crippen LogP contribution >= 0.6 is 0 Å². The molecule has 0 fully saturated rings. The van der Waals surface area contributed by atoms with E-state index in [9.17, 15) is 0 Å². The average molecular weight is 334 g/mol. The molecular formula is C19H22N6. The summed E-state index contributed by atoms with van der Waals surface area (Å²) in [5, 5.41) is 3.36. The Morgan fingerprint density at radius 1 is 1.00 bits per heavy atom. The largest absolute Gasteiger partial charge is 0.397 e. The molecule has 0 atom stereocenters. The van der Waals surface area contributed by atoms with Gasteiger partial charge in [-0.15, -0.1) is 0 Å². The Hall–Kier alpha value is -3.38. The third kappa shape index (κ3) is 4.55. The fraction of sp³-hybridized carbons (Fsp3) is 0.0526. The van der Waals surface area contributed by atoms with E-state index in [-0.39, 0.29) is 0 Å². The molecule has 0 saturated heterocycles. The van der Waals surface area contributed by atoms with Crippen molar-refractivity contribution in [2.75, 3.05) is 0 Å². The predicted molar refractivity (Wildman–Crippen MR) is 106 cm³/mol. The minimum absolute atomic E-state index is 0.563. The van der Waals surface area contributed by atoms with E-state index in [1.165, 1.54) is 6.21 Å². The van der Waals surface area contributed by atoms with Gasteiger partial charge in [-0.1, -0.05) is 43.0 Å². The van der Waals surface area contributed by atoms with E-state index >= 15 is 0 Å². The quantitative estimate of drug-likeness (QED) is 0.281. The van der Waals surface area contributed by atoms with Crippen LogP contribution in [0.1, 0.15) is 12.5 Å². The summed E-state index contributed by atoms with van der Waals surface area (Å²) in [5.74, 6) is 10.5. The maximum atomic E-state index is 6.16. The summed E-state index contributed by atoms with van der Waals surface area (Å²) >= 11 is 0. The Morgan fingerprint density at radius 3 is 2.04 bits per heavy atom. The van der Waals surface area contributed by atoms with Crippen LogP contribution in [0.5, 0.6) is 0 Å². The highest BCUT2D eigenvalue weighted by Crippen LogP contribution is 2.24. The number of hydrogen-bond donors (Lipinski definition) is 4. The van der Waals surface area contributed by atoms with Crippen molar-refractivity contribution in [3.8, 4) is 11.1 Å². The van der Waals surface area contributed by atoms with E-state index in [1.807, 2.05) is 55.5 Å². The highest BCUT2D eigenvalue weighted by atomic mass is 15.2. The maximum Gasteiger partial charge on any atom is 0.0745 e. The Morgan fingerprint density at radius 2 is 1.56 bits per heavy atom. The molecule has 0 aliphatic carbocycles. The summed E-state index contributed by atoms with van der Waals surface area (Å²) in [4.78, 5) is 4.21. The normalized spacial score (nSPS) is 12.4. The summed E-state index contributed by atoms with van der Waals surface area (Å²) in [6.45, 7) is 5.71. The van der Waals surface area contributed by atoms with Gasteiger partial charge in [-0.25, -0.2) is 0 Å². The lowest BCUT2D eigenvalue weighted by molar-refractivity contribution is 0.896. The Labute approximate surface area is 147 Å². The van der Waals surface area contributed by atoms with Crippen molar-refractivity contribution in [2.45, 2.75) is 6.92 Å². The van der Waals surface area contributed by atoms with Crippen LogP contribution < -0.4 is 22.8 Å². The molecule has 0 saturated carbocycles. The molecule has 0 radical (unpaired) electrons. The zero-order valence-electron chi connectivity index (χ0n) is 14.1. The molecular weight excluding hydrogens is 312 g/mol. The third-order valence-electron chi connectivity index (χ3n) is 3.61. The van der Waals surface area contributed by atoms with E-state index in [2.05, 4.69) is 22.1 Å². The van der Waals surface area contributed by atoms with Gasteiger partial charge < -0.3 is 17.0 Å². The van der Waals surface area contributed by atoms with Crippen molar-refractivity contribution in [3.63, 3.8) is 0 Å². The lowest BCUT2D eigenvalue weighted by Crippen LogP contribution is -2.24. The first-order valence-corrected chi connectivity index (χ1v) is 7.66. The number of rotatable bonds is 6. The van der Waals surface area contributed by atoms with Crippen molar-refractivity contribution in [3.05, 3.63) is 71.9 Å². The van der Waals surface area contributed by atoms with E-state index in [0.29, 0.717) is 11.4 Å². The molecule has 2 aromatic carbocycles. The molecule has 0 aliphatic rings. The van der Waals surface area contributed by atoms with Gasteiger partial charge in [0.1, 0.15) is 0 Å². The van der Waals surface area contributed by atoms with Crippen molar-refractivity contribution in [1.29, 1.82) is 0 Å². The van der Waals surface area contributed by atoms with Crippen LogP contribution in [0.2, 0.25) is 0 Å². The second-order valence-electron chi connectivity index (χ2n) is 5.41. The summed E-state index contributed by atoms with van der Waals surface area (Å²) in [6.07, 6.45) is 2.98. The molecule has 6 heteroatoms. The summed E-state index contributed by atoms with van der Waals surface area (Å²) in [7, 11) is 0. The van der Waals surface area contributed by atoms with Crippen LogP contribution in [0.25, 0.3) is 16.8 Å². The van der Waals surface area contributed by atoms with Gasteiger partial charge in [0, 0.05) is 6.21 Å². The van der Waals surface area contributed by atoms with Gasteiger partial charge in [0.05, 0.1) is 23.3 Å². The van der Waals surface area contributed by atoms with Crippen LogP contribution in [0, 0.1) is 0 Å². The number of allylic oxidation sites excluding steroid dienone is 1. The minimum atomic E-state index is 0.563. The highest BCUT2D eigenvalue weighted by Gasteiger charge is 2.06. The minimum Gasteiger partial charge on any atom is -0.397 e. The van der Waals surface area contributed by atoms with Gasteiger partial charge in [-0.05, 0) is 41.3 Å². The van der Waals surface area contributed by atoms with Crippen molar-refractivity contribution in [2.24, 2.45) is 27.5 Å². The second kappa shape index (κ2) is 8.47. The maximum absolute atomic E-state index is 6.16. The molecule has 0 bridgehead atoms. The number of benzene rings is 2. The fourth-order valence-corrected chi connectivity index (χ4v) is 2.32. The highest BCUT2D eigenvalue weighted by molar-refractivity contribution is 6.16. The topological polar surface area (TPSA) is 115 Å². The van der Waals surface area contributed by atoms with Crippen molar-refractivity contribution in [1.82, 2.24) is 5.43 Å². The average Bonchev–Trinajstić information content (AvgIpc) is 2.63. The molecule has 7 N–H and O–H groups in total. The number of hydrazine groups is 1. The van der Waals surface area contributed by atoms with Gasteiger partial charge in [-0.3, -0.25) is 10.8 Å². The zero-order chi connectivity index (χ0) is 18.2.